The standard InChI is InChI=1S/C10H11ClO2/c1-7(6-12)9-5-8(13-2)3-4-10(9)11/h3-7H,1-2H3. The molecule has 0 spiro atoms. The van der Waals surface area contributed by atoms with Gasteiger partial charge in [-0.25, -0.2) is 0 Å². The summed E-state index contributed by atoms with van der Waals surface area (Å²) in [6, 6.07) is 5.28. The molecule has 0 fully saturated rings. The maximum atomic E-state index is 10.6. The molecule has 0 saturated carbocycles. The third kappa shape index (κ3) is 2.22. The van der Waals surface area contributed by atoms with Gasteiger partial charge in [-0.2, -0.15) is 0 Å². The van der Waals surface area contributed by atoms with Crippen LogP contribution in [0.5, 0.6) is 5.75 Å². The zero-order valence-corrected chi connectivity index (χ0v) is 8.34. The number of aldehydes is 1. The minimum Gasteiger partial charge on any atom is -0.497 e. The van der Waals surface area contributed by atoms with Crippen LogP contribution in [0.25, 0.3) is 0 Å². The molecule has 0 radical (unpaired) electrons. The molecular weight excluding hydrogens is 188 g/mol. The van der Waals surface area contributed by atoms with E-state index in [2.05, 4.69) is 0 Å². The normalized spacial score (nSPS) is 12.2. The van der Waals surface area contributed by atoms with Gasteiger partial charge in [0.15, 0.2) is 0 Å². The van der Waals surface area contributed by atoms with Crippen LogP contribution < -0.4 is 4.74 Å². The molecule has 0 aromatic heterocycles. The highest BCUT2D eigenvalue weighted by molar-refractivity contribution is 6.31. The minimum absolute atomic E-state index is 0.192. The van der Waals surface area contributed by atoms with Gasteiger partial charge in [0.25, 0.3) is 0 Å². The van der Waals surface area contributed by atoms with Gasteiger partial charge < -0.3 is 9.53 Å². The number of halogens is 1. The molecule has 1 rings (SSSR count). The minimum atomic E-state index is -0.192. The van der Waals surface area contributed by atoms with Crippen LogP contribution in [-0.4, -0.2) is 13.4 Å². The molecule has 0 heterocycles. The molecule has 0 amide bonds. The highest BCUT2D eigenvalue weighted by Gasteiger charge is 2.09. The van der Waals surface area contributed by atoms with Crippen molar-refractivity contribution in [2.75, 3.05) is 7.11 Å². The second kappa shape index (κ2) is 4.28. The molecule has 0 bridgehead atoms. The predicted molar refractivity (Wildman–Crippen MR) is 52.5 cm³/mol. The van der Waals surface area contributed by atoms with Crippen molar-refractivity contribution in [2.45, 2.75) is 12.8 Å². The predicted octanol–water partition coefficient (Wildman–Crippen LogP) is 2.65. The second-order valence-corrected chi connectivity index (χ2v) is 3.22. The van der Waals surface area contributed by atoms with E-state index in [4.69, 9.17) is 16.3 Å². The monoisotopic (exact) mass is 198 g/mol. The highest BCUT2D eigenvalue weighted by atomic mass is 35.5. The van der Waals surface area contributed by atoms with Crippen molar-refractivity contribution < 1.29 is 9.53 Å². The van der Waals surface area contributed by atoms with Crippen molar-refractivity contribution in [3.63, 3.8) is 0 Å². The van der Waals surface area contributed by atoms with Crippen LogP contribution in [0, 0.1) is 0 Å². The molecule has 1 unspecified atom stereocenters. The Bertz CT molecular complexity index is 310. The second-order valence-electron chi connectivity index (χ2n) is 2.81. The van der Waals surface area contributed by atoms with Gasteiger partial charge in [0.05, 0.1) is 7.11 Å². The zero-order valence-electron chi connectivity index (χ0n) is 7.58. The number of rotatable bonds is 3. The molecule has 13 heavy (non-hydrogen) atoms. The lowest BCUT2D eigenvalue weighted by Gasteiger charge is -2.08. The third-order valence-electron chi connectivity index (χ3n) is 1.90. The first kappa shape index (κ1) is 10.1. The number of benzene rings is 1. The summed E-state index contributed by atoms with van der Waals surface area (Å²) in [7, 11) is 1.58. The van der Waals surface area contributed by atoms with Crippen molar-refractivity contribution in [3.05, 3.63) is 28.8 Å². The van der Waals surface area contributed by atoms with Gasteiger partial charge in [-0.15, -0.1) is 0 Å². The number of hydrogen-bond acceptors (Lipinski definition) is 2. The molecule has 1 aromatic rings. The average molecular weight is 199 g/mol. The Morgan fingerprint density at radius 1 is 1.54 bits per heavy atom. The first-order valence-electron chi connectivity index (χ1n) is 3.97. The van der Waals surface area contributed by atoms with Gasteiger partial charge in [0.2, 0.25) is 0 Å². The highest BCUT2D eigenvalue weighted by Crippen LogP contribution is 2.27. The fourth-order valence-electron chi connectivity index (χ4n) is 1.07. The van der Waals surface area contributed by atoms with E-state index in [0.717, 1.165) is 11.8 Å². The van der Waals surface area contributed by atoms with Crippen LogP contribution in [0.3, 0.4) is 0 Å². The van der Waals surface area contributed by atoms with Gasteiger partial charge in [0, 0.05) is 10.9 Å². The van der Waals surface area contributed by atoms with E-state index in [1.165, 1.54) is 0 Å². The molecule has 0 aliphatic heterocycles. The number of hydrogen-bond donors (Lipinski definition) is 0. The van der Waals surface area contributed by atoms with Crippen LogP contribution >= 0.6 is 11.6 Å². The van der Waals surface area contributed by atoms with Crippen LogP contribution in [0.15, 0.2) is 18.2 Å². The first-order chi connectivity index (χ1) is 6.19. The van der Waals surface area contributed by atoms with Gasteiger partial charge in [0.1, 0.15) is 12.0 Å². The largest absolute Gasteiger partial charge is 0.497 e. The summed E-state index contributed by atoms with van der Waals surface area (Å²) in [6.07, 6.45) is 0.862. The summed E-state index contributed by atoms with van der Waals surface area (Å²) >= 11 is 5.91. The molecular formula is C10H11ClO2. The Balaban J connectivity index is 3.10. The maximum Gasteiger partial charge on any atom is 0.127 e. The molecule has 0 N–H and O–H groups in total. The Kier molecular flexibility index (Phi) is 3.32. The van der Waals surface area contributed by atoms with Crippen molar-refractivity contribution in [1.29, 1.82) is 0 Å². The molecule has 3 heteroatoms. The number of carbonyl (C=O) groups excluding carboxylic acids is 1. The van der Waals surface area contributed by atoms with Gasteiger partial charge in [-0.05, 0) is 23.8 Å². The summed E-state index contributed by atoms with van der Waals surface area (Å²) in [5.74, 6) is 0.524. The Labute approximate surface area is 82.5 Å². The summed E-state index contributed by atoms with van der Waals surface area (Å²) in [4.78, 5) is 10.6. The number of carbonyl (C=O) groups is 1. The Hall–Kier alpha value is -1.02. The summed E-state index contributed by atoms with van der Waals surface area (Å²) < 4.78 is 5.03. The van der Waals surface area contributed by atoms with Crippen LogP contribution in [0.4, 0.5) is 0 Å². The van der Waals surface area contributed by atoms with Crippen LogP contribution in [0.1, 0.15) is 18.4 Å². The van der Waals surface area contributed by atoms with E-state index >= 15 is 0 Å². The SMILES string of the molecule is COc1ccc(Cl)c(C(C)C=O)c1. The van der Waals surface area contributed by atoms with E-state index in [1.807, 2.05) is 0 Å². The summed E-state index contributed by atoms with van der Waals surface area (Å²) in [6.45, 7) is 1.80. The van der Waals surface area contributed by atoms with E-state index in [-0.39, 0.29) is 5.92 Å². The van der Waals surface area contributed by atoms with Gasteiger partial charge in [-0.1, -0.05) is 18.5 Å². The third-order valence-corrected chi connectivity index (χ3v) is 2.24. The van der Waals surface area contributed by atoms with Crippen LogP contribution in [0.2, 0.25) is 5.02 Å². The first-order valence-corrected chi connectivity index (χ1v) is 4.35. The molecule has 0 saturated heterocycles. The quantitative estimate of drug-likeness (QED) is 0.698. The van der Waals surface area contributed by atoms with E-state index in [9.17, 15) is 4.79 Å². The van der Waals surface area contributed by atoms with Crippen LogP contribution in [-0.2, 0) is 4.79 Å². The maximum absolute atomic E-state index is 10.6. The lowest BCUT2D eigenvalue weighted by Crippen LogP contribution is -1.96. The zero-order chi connectivity index (χ0) is 9.84. The average Bonchev–Trinajstić information content (AvgIpc) is 2.17. The number of ether oxygens (including phenoxy) is 1. The fraction of sp³-hybridized carbons (Fsp3) is 0.300. The van der Waals surface area contributed by atoms with Crippen molar-refractivity contribution in [3.8, 4) is 5.75 Å². The lowest BCUT2D eigenvalue weighted by atomic mass is 10.0. The fourth-order valence-corrected chi connectivity index (χ4v) is 1.36. The molecule has 70 valence electrons. The molecule has 1 atom stereocenters. The Morgan fingerprint density at radius 2 is 2.23 bits per heavy atom. The molecule has 1 aromatic carbocycles. The van der Waals surface area contributed by atoms with Gasteiger partial charge in [-0.3, -0.25) is 0 Å². The van der Waals surface area contributed by atoms with E-state index < -0.39 is 0 Å². The van der Waals surface area contributed by atoms with E-state index in [0.29, 0.717) is 10.8 Å². The molecule has 0 aliphatic rings. The number of methoxy groups -OCH3 is 1. The lowest BCUT2D eigenvalue weighted by molar-refractivity contribution is -0.108. The summed E-state index contributed by atoms with van der Waals surface area (Å²) in [5, 5.41) is 0.598. The van der Waals surface area contributed by atoms with Gasteiger partial charge >= 0.3 is 0 Å². The van der Waals surface area contributed by atoms with E-state index in [1.54, 1.807) is 32.2 Å². The molecule has 2 nitrogen and oxygen atoms in total. The van der Waals surface area contributed by atoms with Crippen molar-refractivity contribution in [2.24, 2.45) is 0 Å². The Morgan fingerprint density at radius 3 is 2.77 bits per heavy atom. The molecule has 0 aliphatic carbocycles. The smallest absolute Gasteiger partial charge is 0.127 e. The topological polar surface area (TPSA) is 26.3 Å². The van der Waals surface area contributed by atoms with Crippen molar-refractivity contribution >= 4 is 17.9 Å². The van der Waals surface area contributed by atoms with Crippen molar-refractivity contribution in [1.82, 2.24) is 0 Å². The summed E-state index contributed by atoms with van der Waals surface area (Å²) in [5.41, 5.74) is 0.802.